The minimum Gasteiger partial charge on any atom is -0.395 e. The van der Waals surface area contributed by atoms with Crippen LogP contribution >= 0.6 is 11.8 Å². The average Bonchev–Trinajstić information content (AvgIpc) is 2.54. The van der Waals surface area contributed by atoms with Crippen molar-refractivity contribution in [2.45, 2.75) is 23.9 Å². The van der Waals surface area contributed by atoms with E-state index in [-0.39, 0.29) is 12.6 Å². The highest BCUT2D eigenvalue weighted by Gasteiger charge is 2.27. The minimum absolute atomic E-state index is 0.0686. The molecule has 0 aliphatic carbocycles. The van der Waals surface area contributed by atoms with Crippen molar-refractivity contribution in [3.05, 3.63) is 29.3 Å². The van der Waals surface area contributed by atoms with Crippen molar-refractivity contribution >= 4 is 21.8 Å². The first-order valence-corrected chi connectivity index (χ1v) is 9.74. The molecule has 2 aliphatic rings. The van der Waals surface area contributed by atoms with Crippen LogP contribution in [0.3, 0.4) is 0 Å². The first kappa shape index (κ1) is 15.3. The van der Waals surface area contributed by atoms with Gasteiger partial charge in [0.2, 0.25) is 10.0 Å². The molecule has 0 bridgehead atoms. The van der Waals surface area contributed by atoms with E-state index in [9.17, 15) is 13.5 Å². The molecule has 3 rings (SSSR count). The lowest BCUT2D eigenvalue weighted by Gasteiger charge is -2.28. The summed E-state index contributed by atoms with van der Waals surface area (Å²) in [4.78, 5) is 0.386. The number of thioether (sulfide) groups is 1. The van der Waals surface area contributed by atoms with Crippen LogP contribution in [0.4, 0.5) is 0 Å². The molecular weight excluding hydrogens is 308 g/mol. The maximum Gasteiger partial charge on any atom is 0.243 e. The molecule has 0 amide bonds. The number of nitrogens with one attached hydrogen (secondary N) is 1. The van der Waals surface area contributed by atoms with Gasteiger partial charge in [0.15, 0.2) is 0 Å². The first-order chi connectivity index (χ1) is 10.1. The van der Waals surface area contributed by atoms with Crippen LogP contribution in [0.15, 0.2) is 23.1 Å². The van der Waals surface area contributed by atoms with Gasteiger partial charge < -0.3 is 10.4 Å². The summed E-state index contributed by atoms with van der Waals surface area (Å²) in [5.74, 6) is 1.73. The molecule has 0 aromatic heterocycles. The Labute approximate surface area is 129 Å². The summed E-state index contributed by atoms with van der Waals surface area (Å²) in [5, 5.41) is 12.4. The number of aliphatic hydroxyl groups excluding tert-OH is 1. The van der Waals surface area contributed by atoms with Crippen LogP contribution in [-0.2, 0) is 23.0 Å². The molecule has 1 atom stereocenters. The smallest absolute Gasteiger partial charge is 0.243 e. The molecule has 116 valence electrons. The lowest BCUT2D eigenvalue weighted by atomic mass is 9.96. The van der Waals surface area contributed by atoms with Gasteiger partial charge in [-0.1, -0.05) is 6.07 Å². The van der Waals surface area contributed by atoms with E-state index in [4.69, 9.17) is 0 Å². The summed E-state index contributed by atoms with van der Waals surface area (Å²) in [6.45, 7) is 1.90. The van der Waals surface area contributed by atoms with E-state index in [2.05, 4.69) is 5.32 Å². The van der Waals surface area contributed by atoms with E-state index < -0.39 is 10.0 Å². The van der Waals surface area contributed by atoms with Crippen LogP contribution in [0.1, 0.15) is 11.1 Å². The molecule has 0 spiro atoms. The number of hydrogen-bond acceptors (Lipinski definition) is 5. The van der Waals surface area contributed by atoms with Gasteiger partial charge >= 0.3 is 0 Å². The van der Waals surface area contributed by atoms with Crippen LogP contribution in [0.25, 0.3) is 0 Å². The molecular formula is C14H20N2O3S2. The molecule has 1 aromatic carbocycles. The van der Waals surface area contributed by atoms with Gasteiger partial charge in [-0.25, -0.2) is 8.42 Å². The molecule has 0 radical (unpaired) electrons. The normalized spacial score (nSPS) is 23.8. The highest BCUT2D eigenvalue weighted by molar-refractivity contribution is 7.99. The van der Waals surface area contributed by atoms with Crippen LogP contribution in [0, 0.1) is 0 Å². The lowest BCUT2D eigenvalue weighted by molar-refractivity contribution is 0.236. The Bertz CT molecular complexity index is 613. The van der Waals surface area contributed by atoms with Crippen LogP contribution in [0.2, 0.25) is 0 Å². The third-order valence-corrected chi connectivity index (χ3v) is 6.89. The fourth-order valence-corrected chi connectivity index (χ4v) is 5.41. The lowest BCUT2D eigenvalue weighted by Crippen LogP contribution is -2.39. The van der Waals surface area contributed by atoms with E-state index >= 15 is 0 Å². The minimum atomic E-state index is -3.37. The molecule has 2 N–H and O–H groups in total. The van der Waals surface area contributed by atoms with Crippen molar-refractivity contribution in [3.63, 3.8) is 0 Å². The summed E-state index contributed by atoms with van der Waals surface area (Å²) in [6.07, 6.45) is 0.743. The Hall–Kier alpha value is -0.600. The Morgan fingerprint density at radius 3 is 2.76 bits per heavy atom. The van der Waals surface area contributed by atoms with Crippen LogP contribution in [-0.4, -0.2) is 55.1 Å². The molecule has 7 heteroatoms. The predicted molar refractivity (Wildman–Crippen MR) is 83.9 cm³/mol. The van der Waals surface area contributed by atoms with Crippen molar-refractivity contribution in [2.75, 3.05) is 31.2 Å². The van der Waals surface area contributed by atoms with E-state index in [0.717, 1.165) is 29.1 Å². The third-order valence-electron chi connectivity index (χ3n) is 4.05. The SMILES string of the molecule is O=S(=O)(c1ccc2c(c1)CNC(CO)C2)N1CCSCC1. The van der Waals surface area contributed by atoms with Crippen molar-refractivity contribution < 1.29 is 13.5 Å². The molecule has 1 aromatic rings. The van der Waals surface area contributed by atoms with Crippen LogP contribution in [0.5, 0.6) is 0 Å². The Morgan fingerprint density at radius 2 is 2.05 bits per heavy atom. The standard InChI is InChI=1S/C14H20N2O3S2/c17-10-13-7-11-1-2-14(8-12(11)9-15-13)21(18,19)16-3-5-20-6-4-16/h1-2,8,13,15,17H,3-7,9-10H2. The maximum absolute atomic E-state index is 12.6. The molecule has 1 saturated heterocycles. The molecule has 0 saturated carbocycles. The zero-order valence-electron chi connectivity index (χ0n) is 11.8. The van der Waals surface area contributed by atoms with Gasteiger partial charge in [-0.3, -0.25) is 0 Å². The van der Waals surface area contributed by atoms with Gasteiger partial charge in [-0.05, 0) is 29.7 Å². The topological polar surface area (TPSA) is 69.6 Å². The van der Waals surface area contributed by atoms with E-state index in [1.807, 2.05) is 6.07 Å². The fourth-order valence-electron chi connectivity index (χ4n) is 2.78. The largest absolute Gasteiger partial charge is 0.395 e. The fraction of sp³-hybridized carbons (Fsp3) is 0.571. The predicted octanol–water partition coefficient (Wildman–Crippen LogP) is 0.431. The number of benzene rings is 1. The summed E-state index contributed by atoms with van der Waals surface area (Å²) < 4.78 is 26.9. The number of rotatable bonds is 3. The number of nitrogens with zero attached hydrogens (tertiary/aromatic N) is 1. The van der Waals surface area contributed by atoms with Crippen molar-refractivity contribution in [3.8, 4) is 0 Å². The van der Waals surface area contributed by atoms with E-state index in [1.165, 1.54) is 0 Å². The van der Waals surface area contributed by atoms with Gasteiger partial charge in [-0.15, -0.1) is 0 Å². The van der Waals surface area contributed by atoms with Crippen molar-refractivity contribution in [2.24, 2.45) is 0 Å². The summed E-state index contributed by atoms with van der Waals surface area (Å²) in [7, 11) is -3.37. The van der Waals surface area contributed by atoms with Gasteiger partial charge in [0, 0.05) is 37.2 Å². The van der Waals surface area contributed by atoms with Gasteiger partial charge in [0.05, 0.1) is 11.5 Å². The van der Waals surface area contributed by atoms with E-state index in [1.54, 1.807) is 28.2 Å². The second kappa shape index (κ2) is 6.26. The molecule has 5 nitrogen and oxygen atoms in total. The second-order valence-corrected chi connectivity index (χ2v) is 8.57. The molecule has 21 heavy (non-hydrogen) atoms. The summed E-state index contributed by atoms with van der Waals surface area (Å²) >= 11 is 1.80. The number of sulfonamides is 1. The van der Waals surface area contributed by atoms with Crippen LogP contribution < -0.4 is 5.32 Å². The average molecular weight is 328 g/mol. The Balaban J connectivity index is 1.86. The Kier molecular flexibility index (Phi) is 4.56. The van der Waals surface area contributed by atoms with Gasteiger partial charge in [-0.2, -0.15) is 16.1 Å². The molecule has 1 unspecified atom stereocenters. The molecule has 2 heterocycles. The highest BCUT2D eigenvalue weighted by Crippen LogP contribution is 2.24. The zero-order valence-corrected chi connectivity index (χ0v) is 13.4. The van der Waals surface area contributed by atoms with Crippen molar-refractivity contribution in [1.29, 1.82) is 0 Å². The maximum atomic E-state index is 12.6. The monoisotopic (exact) mass is 328 g/mol. The number of hydrogen-bond donors (Lipinski definition) is 2. The number of aliphatic hydroxyl groups is 1. The van der Waals surface area contributed by atoms with Crippen molar-refractivity contribution in [1.82, 2.24) is 9.62 Å². The quantitative estimate of drug-likeness (QED) is 0.842. The third kappa shape index (κ3) is 3.12. The summed E-state index contributed by atoms with van der Waals surface area (Å²) in [5.41, 5.74) is 2.15. The summed E-state index contributed by atoms with van der Waals surface area (Å²) in [6, 6.07) is 5.45. The van der Waals surface area contributed by atoms with Gasteiger partial charge in [0.25, 0.3) is 0 Å². The van der Waals surface area contributed by atoms with E-state index in [0.29, 0.717) is 24.5 Å². The number of fused-ring (bicyclic) bond motifs is 1. The first-order valence-electron chi connectivity index (χ1n) is 7.15. The second-order valence-electron chi connectivity index (χ2n) is 5.41. The molecule has 1 fully saturated rings. The highest BCUT2D eigenvalue weighted by atomic mass is 32.2. The van der Waals surface area contributed by atoms with Gasteiger partial charge in [0.1, 0.15) is 0 Å². The Morgan fingerprint density at radius 1 is 1.29 bits per heavy atom. The zero-order chi connectivity index (χ0) is 14.9. The molecule has 2 aliphatic heterocycles.